The minimum Gasteiger partial charge on any atom is -0.309 e. The quantitative estimate of drug-likeness (QED) is 0.777. The predicted octanol–water partition coefficient (Wildman–Crippen LogP) is 3.89. The molecule has 24 heavy (non-hydrogen) atoms. The maximum atomic E-state index is 11.4. The number of anilines is 1. The molecule has 0 fully saturated rings. The third-order valence-electron chi connectivity index (χ3n) is 3.70. The Morgan fingerprint density at radius 2 is 1.62 bits per heavy atom. The molecule has 0 aliphatic carbocycles. The molecule has 4 nitrogen and oxygen atoms in total. The average Bonchev–Trinajstić information content (AvgIpc) is 2.62. The molecule has 1 heterocycles. The van der Waals surface area contributed by atoms with Gasteiger partial charge in [0.1, 0.15) is 0 Å². The molecule has 0 spiro atoms. The van der Waals surface area contributed by atoms with E-state index in [-0.39, 0.29) is 5.91 Å². The molecule has 0 bridgehead atoms. The van der Waals surface area contributed by atoms with Crippen LogP contribution < -0.4 is 5.32 Å². The van der Waals surface area contributed by atoms with E-state index in [1.54, 1.807) is 6.20 Å². The largest absolute Gasteiger partial charge is 0.309 e. The number of aryl methyl sites for hydroxylation is 2. The van der Waals surface area contributed by atoms with Crippen molar-refractivity contribution in [3.8, 4) is 11.3 Å². The van der Waals surface area contributed by atoms with E-state index >= 15 is 0 Å². The minimum absolute atomic E-state index is 0.141. The highest BCUT2D eigenvalue weighted by Gasteiger charge is 2.10. The van der Waals surface area contributed by atoms with Crippen LogP contribution in [0.5, 0.6) is 0 Å². The van der Waals surface area contributed by atoms with Crippen LogP contribution in [0.4, 0.5) is 5.82 Å². The van der Waals surface area contributed by atoms with E-state index in [1.807, 2.05) is 48.5 Å². The van der Waals surface area contributed by atoms with Crippen molar-refractivity contribution in [1.29, 1.82) is 0 Å². The van der Waals surface area contributed by atoms with E-state index in [1.165, 1.54) is 12.5 Å². The van der Waals surface area contributed by atoms with Crippen molar-refractivity contribution in [1.82, 2.24) is 9.97 Å². The Kier molecular flexibility index (Phi) is 4.96. The second-order valence-corrected chi connectivity index (χ2v) is 5.58. The SMILES string of the molecule is CC(=O)Nc1ncc(-c2ccccc2)nc1CCc1ccccc1. The third kappa shape index (κ3) is 4.04. The molecule has 2 aromatic carbocycles. The highest BCUT2D eigenvalue weighted by Crippen LogP contribution is 2.20. The maximum Gasteiger partial charge on any atom is 0.222 e. The van der Waals surface area contributed by atoms with Crippen molar-refractivity contribution in [3.63, 3.8) is 0 Å². The number of amides is 1. The molecule has 3 rings (SSSR count). The molecule has 1 amide bonds. The van der Waals surface area contributed by atoms with Gasteiger partial charge in [-0.1, -0.05) is 60.7 Å². The van der Waals surface area contributed by atoms with E-state index in [2.05, 4.69) is 22.4 Å². The predicted molar refractivity (Wildman–Crippen MR) is 95.6 cm³/mol. The summed E-state index contributed by atoms with van der Waals surface area (Å²) >= 11 is 0. The van der Waals surface area contributed by atoms with Crippen LogP contribution in [0.1, 0.15) is 18.2 Å². The minimum atomic E-state index is -0.141. The van der Waals surface area contributed by atoms with Crippen molar-refractivity contribution in [3.05, 3.63) is 78.1 Å². The van der Waals surface area contributed by atoms with E-state index in [0.717, 1.165) is 23.4 Å². The lowest BCUT2D eigenvalue weighted by molar-refractivity contribution is -0.114. The lowest BCUT2D eigenvalue weighted by Gasteiger charge is -2.10. The molecule has 0 unspecified atom stereocenters. The summed E-state index contributed by atoms with van der Waals surface area (Å²) in [6.07, 6.45) is 3.26. The first-order chi connectivity index (χ1) is 11.7. The summed E-state index contributed by atoms with van der Waals surface area (Å²) in [5, 5.41) is 2.78. The summed E-state index contributed by atoms with van der Waals surface area (Å²) in [6.45, 7) is 1.48. The fraction of sp³-hybridized carbons (Fsp3) is 0.150. The molecule has 0 saturated heterocycles. The van der Waals surface area contributed by atoms with Gasteiger partial charge < -0.3 is 5.32 Å². The number of benzene rings is 2. The Morgan fingerprint density at radius 3 is 2.29 bits per heavy atom. The molecule has 1 N–H and O–H groups in total. The van der Waals surface area contributed by atoms with Gasteiger partial charge in [0.25, 0.3) is 0 Å². The Morgan fingerprint density at radius 1 is 0.958 bits per heavy atom. The van der Waals surface area contributed by atoms with E-state index < -0.39 is 0 Å². The van der Waals surface area contributed by atoms with Gasteiger partial charge >= 0.3 is 0 Å². The van der Waals surface area contributed by atoms with Gasteiger partial charge in [0.15, 0.2) is 5.82 Å². The summed E-state index contributed by atoms with van der Waals surface area (Å²) in [7, 11) is 0. The number of rotatable bonds is 5. The van der Waals surface area contributed by atoms with Crippen LogP contribution in [-0.4, -0.2) is 15.9 Å². The number of carbonyl (C=O) groups is 1. The van der Waals surface area contributed by atoms with Gasteiger partial charge in [-0.3, -0.25) is 4.79 Å². The molecule has 0 aliphatic heterocycles. The van der Waals surface area contributed by atoms with Crippen LogP contribution in [-0.2, 0) is 17.6 Å². The van der Waals surface area contributed by atoms with Crippen LogP contribution in [0.3, 0.4) is 0 Å². The topological polar surface area (TPSA) is 54.9 Å². The summed E-state index contributed by atoms with van der Waals surface area (Å²) in [5.41, 5.74) is 3.86. The van der Waals surface area contributed by atoms with Gasteiger partial charge in [-0.15, -0.1) is 0 Å². The number of hydrogen-bond acceptors (Lipinski definition) is 3. The second kappa shape index (κ2) is 7.51. The fourth-order valence-corrected chi connectivity index (χ4v) is 2.53. The van der Waals surface area contributed by atoms with Crippen LogP contribution in [0.25, 0.3) is 11.3 Å². The first-order valence-electron chi connectivity index (χ1n) is 7.95. The first kappa shape index (κ1) is 15.9. The van der Waals surface area contributed by atoms with Gasteiger partial charge in [-0.05, 0) is 18.4 Å². The average molecular weight is 317 g/mol. The van der Waals surface area contributed by atoms with Crippen molar-refractivity contribution >= 4 is 11.7 Å². The molecule has 3 aromatic rings. The first-order valence-corrected chi connectivity index (χ1v) is 7.95. The number of aromatic nitrogens is 2. The molecule has 0 aliphatic rings. The summed E-state index contributed by atoms with van der Waals surface area (Å²) in [5.74, 6) is 0.399. The lowest BCUT2D eigenvalue weighted by atomic mass is 10.1. The summed E-state index contributed by atoms with van der Waals surface area (Å²) in [6, 6.07) is 20.2. The molecule has 0 radical (unpaired) electrons. The zero-order valence-electron chi connectivity index (χ0n) is 13.6. The molecule has 0 saturated carbocycles. The molecule has 1 aromatic heterocycles. The van der Waals surface area contributed by atoms with Crippen LogP contribution in [0, 0.1) is 0 Å². The monoisotopic (exact) mass is 317 g/mol. The number of hydrogen-bond donors (Lipinski definition) is 1. The summed E-state index contributed by atoms with van der Waals surface area (Å²) < 4.78 is 0. The van der Waals surface area contributed by atoms with Crippen LogP contribution >= 0.6 is 0 Å². The Labute approximate surface area is 141 Å². The Hall–Kier alpha value is -3.01. The smallest absolute Gasteiger partial charge is 0.222 e. The van der Waals surface area contributed by atoms with Gasteiger partial charge in [0.05, 0.1) is 17.6 Å². The number of nitrogens with one attached hydrogen (secondary N) is 1. The molecule has 0 atom stereocenters. The van der Waals surface area contributed by atoms with E-state index in [4.69, 9.17) is 4.98 Å². The van der Waals surface area contributed by atoms with Gasteiger partial charge in [0, 0.05) is 12.5 Å². The Balaban J connectivity index is 1.89. The molecule has 4 heteroatoms. The molecular weight excluding hydrogens is 298 g/mol. The standard InChI is InChI=1S/C20H19N3O/c1-15(24)22-20-18(13-12-16-8-4-2-5-9-16)23-19(14-21-20)17-10-6-3-7-11-17/h2-11,14H,12-13H2,1H3,(H,21,22,24). The third-order valence-corrected chi connectivity index (χ3v) is 3.70. The van der Waals surface area contributed by atoms with Gasteiger partial charge in [0.2, 0.25) is 5.91 Å². The van der Waals surface area contributed by atoms with E-state index in [0.29, 0.717) is 12.2 Å². The molecule has 120 valence electrons. The number of carbonyl (C=O) groups excluding carboxylic acids is 1. The number of nitrogens with zero attached hydrogens (tertiary/aromatic N) is 2. The van der Waals surface area contributed by atoms with Gasteiger partial charge in [-0.2, -0.15) is 0 Å². The van der Waals surface area contributed by atoms with Gasteiger partial charge in [-0.25, -0.2) is 9.97 Å². The van der Waals surface area contributed by atoms with Crippen LogP contribution in [0.15, 0.2) is 66.9 Å². The highest BCUT2D eigenvalue weighted by atomic mass is 16.1. The van der Waals surface area contributed by atoms with Crippen molar-refractivity contribution in [2.45, 2.75) is 19.8 Å². The van der Waals surface area contributed by atoms with Crippen molar-refractivity contribution < 1.29 is 4.79 Å². The van der Waals surface area contributed by atoms with E-state index in [9.17, 15) is 4.79 Å². The van der Waals surface area contributed by atoms with Crippen LogP contribution in [0.2, 0.25) is 0 Å². The fourth-order valence-electron chi connectivity index (χ4n) is 2.53. The van der Waals surface area contributed by atoms with Crippen molar-refractivity contribution in [2.24, 2.45) is 0 Å². The highest BCUT2D eigenvalue weighted by molar-refractivity contribution is 5.88. The normalized spacial score (nSPS) is 10.4. The lowest BCUT2D eigenvalue weighted by Crippen LogP contribution is -2.12. The Bertz CT molecular complexity index is 817. The second-order valence-electron chi connectivity index (χ2n) is 5.58. The maximum absolute atomic E-state index is 11.4. The van der Waals surface area contributed by atoms with Crippen molar-refractivity contribution in [2.75, 3.05) is 5.32 Å². The zero-order valence-corrected chi connectivity index (χ0v) is 13.6. The summed E-state index contributed by atoms with van der Waals surface area (Å²) in [4.78, 5) is 20.6. The zero-order chi connectivity index (χ0) is 16.8. The molecular formula is C20H19N3O.